The Morgan fingerprint density at radius 1 is 1.50 bits per heavy atom. The highest BCUT2D eigenvalue weighted by Crippen LogP contribution is 2.38. The number of aryl methyl sites for hydroxylation is 1. The summed E-state index contributed by atoms with van der Waals surface area (Å²) in [6, 6.07) is 1.45. The van der Waals surface area contributed by atoms with Crippen molar-refractivity contribution in [3.63, 3.8) is 0 Å². The minimum atomic E-state index is -3.60. The number of anilines is 1. The van der Waals surface area contributed by atoms with E-state index in [0.29, 0.717) is 11.7 Å². The second-order valence-electron chi connectivity index (χ2n) is 4.13. The number of aromatic nitrogens is 4. The van der Waals surface area contributed by atoms with Crippen LogP contribution in [0.4, 0.5) is 5.95 Å². The molecule has 2 aromatic heterocycles. The van der Waals surface area contributed by atoms with E-state index < -0.39 is 10.0 Å². The average molecular weight is 285 g/mol. The van der Waals surface area contributed by atoms with Crippen molar-refractivity contribution >= 4 is 27.5 Å². The summed E-state index contributed by atoms with van der Waals surface area (Å²) in [5.41, 5.74) is 0. The number of rotatable bonds is 4. The van der Waals surface area contributed by atoms with Crippen LogP contribution in [0.1, 0.15) is 24.6 Å². The first kappa shape index (κ1) is 11.6. The number of hydrogen-bond donors (Lipinski definition) is 1. The fraction of sp³-hybridized carbons (Fsp3) is 0.444. The Morgan fingerprint density at radius 3 is 2.89 bits per heavy atom. The molecule has 1 aliphatic rings. The van der Waals surface area contributed by atoms with Crippen molar-refractivity contribution in [3.8, 4) is 0 Å². The molecule has 0 bridgehead atoms. The minimum absolute atomic E-state index is 0.165. The third-order valence-corrected chi connectivity index (χ3v) is 5.17. The van der Waals surface area contributed by atoms with Crippen molar-refractivity contribution in [2.24, 2.45) is 7.05 Å². The minimum Gasteiger partial charge on any atom is -0.247 e. The van der Waals surface area contributed by atoms with Crippen LogP contribution in [0.25, 0.3) is 0 Å². The summed E-state index contributed by atoms with van der Waals surface area (Å²) < 4.78 is 31.8. The van der Waals surface area contributed by atoms with Crippen LogP contribution in [-0.4, -0.2) is 27.6 Å². The third-order valence-electron chi connectivity index (χ3n) is 2.63. The zero-order valence-corrected chi connectivity index (χ0v) is 11.2. The van der Waals surface area contributed by atoms with E-state index in [2.05, 4.69) is 19.2 Å². The molecule has 3 rings (SSSR count). The van der Waals surface area contributed by atoms with Gasteiger partial charge in [0, 0.05) is 19.2 Å². The van der Waals surface area contributed by atoms with Crippen molar-refractivity contribution in [2.75, 3.05) is 4.72 Å². The maximum Gasteiger partial charge on any atom is 0.275 e. The molecule has 0 aromatic carbocycles. The summed E-state index contributed by atoms with van der Waals surface area (Å²) in [7, 11) is -1.93. The van der Waals surface area contributed by atoms with Gasteiger partial charge in [0.2, 0.25) is 5.95 Å². The highest BCUT2D eigenvalue weighted by atomic mass is 32.2. The number of nitrogens with one attached hydrogen (secondary N) is 1. The molecule has 1 aliphatic carbocycles. The summed E-state index contributed by atoms with van der Waals surface area (Å²) in [6.45, 7) is 0. The predicted octanol–water partition coefficient (Wildman–Crippen LogP) is 0.950. The molecular formula is C9H11N5O2S2. The second-order valence-corrected chi connectivity index (χ2v) is 6.87. The van der Waals surface area contributed by atoms with Gasteiger partial charge in [0.25, 0.3) is 10.0 Å². The number of nitrogens with zero attached hydrogens (tertiary/aromatic N) is 4. The lowest BCUT2D eigenvalue weighted by Crippen LogP contribution is -2.14. The smallest absolute Gasteiger partial charge is 0.247 e. The molecule has 0 unspecified atom stereocenters. The van der Waals surface area contributed by atoms with Crippen molar-refractivity contribution in [3.05, 3.63) is 18.1 Å². The quantitative estimate of drug-likeness (QED) is 0.903. The van der Waals surface area contributed by atoms with E-state index in [1.165, 1.54) is 16.9 Å². The fourth-order valence-electron chi connectivity index (χ4n) is 1.52. The molecule has 2 heterocycles. The Morgan fingerprint density at radius 2 is 2.28 bits per heavy atom. The summed E-state index contributed by atoms with van der Waals surface area (Å²) in [6.07, 6.45) is 3.60. The highest BCUT2D eigenvalue weighted by molar-refractivity contribution is 7.94. The average Bonchev–Trinajstić information content (AvgIpc) is 2.86. The van der Waals surface area contributed by atoms with E-state index in [1.54, 1.807) is 7.05 Å². The lowest BCUT2D eigenvalue weighted by molar-refractivity contribution is 0.602. The van der Waals surface area contributed by atoms with Gasteiger partial charge in [-0.3, -0.25) is 0 Å². The maximum atomic E-state index is 12.0. The summed E-state index contributed by atoms with van der Waals surface area (Å²) in [5, 5.41) is 4.20. The molecule has 0 spiro atoms. The first-order chi connectivity index (χ1) is 8.56. The molecule has 18 heavy (non-hydrogen) atoms. The highest BCUT2D eigenvalue weighted by Gasteiger charge is 2.29. The van der Waals surface area contributed by atoms with Crippen LogP contribution >= 0.6 is 11.5 Å². The van der Waals surface area contributed by atoms with Gasteiger partial charge in [-0.1, -0.05) is 0 Å². The van der Waals surface area contributed by atoms with Gasteiger partial charge in [-0.25, -0.2) is 17.8 Å². The lowest BCUT2D eigenvalue weighted by Gasteiger charge is -2.03. The van der Waals surface area contributed by atoms with Gasteiger partial charge in [0.15, 0.2) is 10.0 Å². The largest absolute Gasteiger partial charge is 0.275 e. The van der Waals surface area contributed by atoms with Crippen LogP contribution in [0.3, 0.4) is 0 Å². The zero-order valence-electron chi connectivity index (χ0n) is 9.57. The third kappa shape index (κ3) is 2.10. The van der Waals surface area contributed by atoms with Crippen LogP contribution in [0, 0.1) is 0 Å². The molecule has 0 radical (unpaired) electrons. The lowest BCUT2D eigenvalue weighted by atomic mass is 10.4. The van der Waals surface area contributed by atoms with Crippen molar-refractivity contribution < 1.29 is 8.42 Å². The van der Waals surface area contributed by atoms with Crippen LogP contribution in [0.2, 0.25) is 0 Å². The first-order valence-electron chi connectivity index (χ1n) is 5.41. The molecule has 1 N–H and O–H groups in total. The molecule has 9 heteroatoms. The van der Waals surface area contributed by atoms with Crippen molar-refractivity contribution in [2.45, 2.75) is 23.0 Å². The van der Waals surface area contributed by atoms with E-state index in [9.17, 15) is 8.42 Å². The van der Waals surface area contributed by atoms with Gasteiger partial charge < -0.3 is 0 Å². The van der Waals surface area contributed by atoms with Gasteiger partial charge >= 0.3 is 0 Å². The van der Waals surface area contributed by atoms with Crippen LogP contribution in [0.5, 0.6) is 0 Å². The Hall–Kier alpha value is -1.48. The fourth-order valence-corrected chi connectivity index (χ4v) is 3.27. The van der Waals surface area contributed by atoms with Crippen LogP contribution < -0.4 is 4.72 Å². The first-order valence-corrected chi connectivity index (χ1v) is 7.66. The zero-order chi connectivity index (χ0) is 12.8. The van der Waals surface area contributed by atoms with E-state index in [1.807, 2.05) is 0 Å². The standard InChI is InChI=1S/C9H11N5O2S2/c1-14-9(11-8(12-14)6-2-3-6)13-18(15,16)7-4-5-10-17-7/h4-6H,2-3H2,1H3,(H,11,12,13). The molecule has 7 nitrogen and oxygen atoms in total. The Balaban J connectivity index is 1.88. The van der Waals surface area contributed by atoms with Crippen molar-refractivity contribution in [1.29, 1.82) is 0 Å². The van der Waals surface area contributed by atoms with E-state index in [0.717, 1.165) is 24.4 Å². The molecule has 0 atom stereocenters. The van der Waals surface area contributed by atoms with E-state index in [4.69, 9.17) is 0 Å². The maximum absolute atomic E-state index is 12.0. The monoisotopic (exact) mass is 285 g/mol. The SMILES string of the molecule is Cn1nc(C2CC2)nc1NS(=O)(=O)c1ccns1. The van der Waals surface area contributed by atoms with Gasteiger partial charge in [0.1, 0.15) is 0 Å². The summed E-state index contributed by atoms with van der Waals surface area (Å²) >= 11 is 0.923. The van der Waals surface area contributed by atoms with E-state index in [-0.39, 0.29) is 10.2 Å². The summed E-state index contributed by atoms with van der Waals surface area (Å²) in [4.78, 5) is 4.21. The van der Waals surface area contributed by atoms with Crippen LogP contribution in [-0.2, 0) is 17.1 Å². The molecule has 1 saturated carbocycles. The normalized spacial score (nSPS) is 15.8. The predicted molar refractivity (Wildman–Crippen MR) is 65.9 cm³/mol. The Bertz CT molecular complexity index is 657. The number of hydrogen-bond acceptors (Lipinski definition) is 6. The molecule has 0 aliphatic heterocycles. The second kappa shape index (κ2) is 4.02. The van der Waals surface area contributed by atoms with E-state index >= 15 is 0 Å². The van der Waals surface area contributed by atoms with Gasteiger partial charge in [-0.05, 0) is 30.4 Å². The van der Waals surface area contributed by atoms with Crippen molar-refractivity contribution in [1.82, 2.24) is 19.1 Å². The molecule has 0 amide bonds. The van der Waals surface area contributed by atoms with Crippen LogP contribution in [0.15, 0.2) is 16.5 Å². The van der Waals surface area contributed by atoms with Gasteiger partial charge in [0.05, 0.1) is 0 Å². The Labute approximate surface area is 108 Å². The Kier molecular flexibility index (Phi) is 2.59. The summed E-state index contributed by atoms with van der Waals surface area (Å²) in [5.74, 6) is 1.34. The molecule has 0 saturated heterocycles. The topological polar surface area (TPSA) is 89.8 Å². The van der Waals surface area contributed by atoms with Gasteiger partial charge in [-0.15, -0.1) is 0 Å². The van der Waals surface area contributed by atoms with Gasteiger partial charge in [-0.2, -0.15) is 14.5 Å². The molecule has 96 valence electrons. The molecule has 2 aromatic rings. The number of sulfonamides is 1. The molecular weight excluding hydrogens is 274 g/mol. The molecule has 1 fully saturated rings.